The molecule has 0 aliphatic rings. The quantitative estimate of drug-likeness (QED) is 0.414. The van der Waals surface area contributed by atoms with E-state index in [1.54, 1.807) is 0 Å². The van der Waals surface area contributed by atoms with Crippen molar-refractivity contribution in [2.24, 2.45) is 0 Å². The second kappa shape index (κ2) is 6.84. The summed E-state index contributed by atoms with van der Waals surface area (Å²) in [6, 6.07) is 6.20. The van der Waals surface area contributed by atoms with Crippen LogP contribution in [0.1, 0.15) is 18.1 Å². The van der Waals surface area contributed by atoms with Crippen LogP contribution < -0.4 is 16.6 Å². The maximum atomic E-state index is 12.5. The van der Waals surface area contributed by atoms with Crippen molar-refractivity contribution in [3.63, 3.8) is 0 Å². The number of nitrogens with one attached hydrogen (secondary N) is 3. The predicted octanol–water partition coefficient (Wildman–Crippen LogP) is 1.24. The van der Waals surface area contributed by atoms with Crippen LogP contribution in [0.2, 0.25) is 0 Å². The number of benzene rings is 1. The highest BCUT2D eigenvalue weighted by Gasteiger charge is 2.15. The second-order valence-electron chi connectivity index (χ2n) is 7.03. The first kappa shape index (κ1) is 17.8. The van der Waals surface area contributed by atoms with Crippen LogP contribution in [0.4, 0.5) is 5.95 Å². The molecule has 4 rings (SSSR count). The Bertz CT molecular complexity index is 1230. The SMILES string of the molecule is Cc1ccc2[nH]cc(CC(C)NC(=O)Cn3cnc4c(=O)[nH]c(N)nc43)c2c1. The zero-order valence-corrected chi connectivity index (χ0v) is 15.6. The van der Waals surface area contributed by atoms with Crippen LogP contribution >= 0.6 is 0 Å². The molecule has 1 atom stereocenters. The number of aryl methyl sites for hydroxylation is 1. The predicted molar refractivity (Wildman–Crippen MR) is 107 cm³/mol. The minimum Gasteiger partial charge on any atom is -0.369 e. The number of anilines is 1. The highest BCUT2D eigenvalue weighted by Crippen LogP contribution is 2.21. The summed E-state index contributed by atoms with van der Waals surface area (Å²) in [6.07, 6.45) is 4.10. The van der Waals surface area contributed by atoms with Crippen LogP contribution in [0.25, 0.3) is 22.1 Å². The monoisotopic (exact) mass is 379 g/mol. The fraction of sp³-hybridized carbons (Fsp3) is 0.263. The van der Waals surface area contributed by atoms with E-state index < -0.39 is 5.56 Å². The topological polar surface area (TPSA) is 134 Å². The van der Waals surface area contributed by atoms with Crippen LogP contribution in [-0.2, 0) is 17.8 Å². The molecular weight excluding hydrogens is 358 g/mol. The van der Waals surface area contributed by atoms with Gasteiger partial charge in [0.25, 0.3) is 5.56 Å². The van der Waals surface area contributed by atoms with Gasteiger partial charge < -0.3 is 20.6 Å². The third kappa shape index (κ3) is 3.34. The number of nitrogens with two attached hydrogens (primary N) is 1. The van der Waals surface area contributed by atoms with Crippen LogP contribution in [0.3, 0.4) is 0 Å². The van der Waals surface area contributed by atoms with Crippen molar-refractivity contribution in [3.8, 4) is 0 Å². The van der Waals surface area contributed by atoms with E-state index in [1.165, 1.54) is 21.8 Å². The maximum absolute atomic E-state index is 12.5. The zero-order valence-electron chi connectivity index (χ0n) is 15.6. The molecule has 0 aliphatic heterocycles. The van der Waals surface area contributed by atoms with E-state index >= 15 is 0 Å². The van der Waals surface area contributed by atoms with Crippen LogP contribution in [-0.4, -0.2) is 36.5 Å². The van der Waals surface area contributed by atoms with Crippen molar-refractivity contribution in [1.29, 1.82) is 0 Å². The Morgan fingerprint density at radius 1 is 1.39 bits per heavy atom. The molecule has 5 N–H and O–H groups in total. The van der Waals surface area contributed by atoms with Crippen molar-refractivity contribution in [1.82, 2.24) is 29.8 Å². The lowest BCUT2D eigenvalue weighted by Crippen LogP contribution is -2.36. The van der Waals surface area contributed by atoms with Crippen LogP contribution in [0.15, 0.2) is 35.5 Å². The molecule has 4 aromatic rings. The Morgan fingerprint density at radius 3 is 3.04 bits per heavy atom. The first-order valence-corrected chi connectivity index (χ1v) is 8.97. The molecular formula is C19H21N7O2. The van der Waals surface area contributed by atoms with Crippen molar-refractivity contribution >= 4 is 33.9 Å². The highest BCUT2D eigenvalue weighted by molar-refractivity contribution is 5.84. The van der Waals surface area contributed by atoms with E-state index in [4.69, 9.17) is 5.73 Å². The molecule has 9 nitrogen and oxygen atoms in total. The van der Waals surface area contributed by atoms with E-state index in [2.05, 4.69) is 50.4 Å². The molecule has 144 valence electrons. The van der Waals surface area contributed by atoms with E-state index in [0.717, 1.165) is 11.1 Å². The van der Waals surface area contributed by atoms with E-state index in [9.17, 15) is 9.59 Å². The van der Waals surface area contributed by atoms with Gasteiger partial charge in [0.05, 0.1) is 6.33 Å². The number of H-pyrrole nitrogens is 2. The smallest absolute Gasteiger partial charge is 0.280 e. The maximum Gasteiger partial charge on any atom is 0.280 e. The fourth-order valence-electron chi connectivity index (χ4n) is 3.40. The molecule has 1 aromatic carbocycles. The number of fused-ring (bicyclic) bond motifs is 2. The number of aromatic amines is 2. The first-order valence-electron chi connectivity index (χ1n) is 8.97. The van der Waals surface area contributed by atoms with Crippen LogP contribution in [0.5, 0.6) is 0 Å². The van der Waals surface area contributed by atoms with Gasteiger partial charge in [-0.3, -0.25) is 14.6 Å². The molecule has 0 spiro atoms. The molecule has 28 heavy (non-hydrogen) atoms. The third-order valence-corrected chi connectivity index (χ3v) is 4.66. The van der Waals surface area contributed by atoms with E-state index in [1.807, 2.05) is 13.1 Å². The molecule has 0 saturated heterocycles. The standard InChI is InChI=1S/C19H21N7O2/c1-10-3-4-14-13(5-10)12(7-21-14)6-11(2)23-15(27)8-26-9-22-16-17(26)24-19(20)25-18(16)28/h3-5,7,9,11,21H,6,8H2,1-2H3,(H,23,27)(H3,20,24,25,28). The number of nitrogen functional groups attached to an aromatic ring is 1. The molecule has 0 saturated carbocycles. The number of aromatic nitrogens is 5. The van der Waals surface area contributed by atoms with Gasteiger partial charge in [-0.05, 0) is 38.0 Å². The molecule has 1 amide bonds. The van der Waals surface area contributed by atoms with Crippen molar-refractivity contribution in [2.45, 2.75) is 32.9 Å². The number of nitrogens with zero attached hydrogens (tertiary/aromatic N) is 3. The van der Waals surface area contributed by atoms with Gasteiger partial charge in [0.15, 0.2) is 11.2 Å². The summed E-state index contributed by atoms with van der Waals surface area (Å²) in [5.41, 5.74) is 9.03. The van der Waals surface area contributed by atoms with Crippen molar-refractivity contribution < 1.29 is 4.79 Å². The largest absolute Gasteiger partial charge is 0.369 e. The van der Waals surface area contributed by atoms with Gasteiger partial charge in [0.1, 0.15) is 6.54 Å². The van der Waals surface area contributed by atoms with Crippen LogP contribution in [0, 0.1) is 6.92 Å². The van der Waals surface area contributed by atoms with E-state index in [0.29, 0.717) is 6.42 Å². The lowest BCUT2D eigenvalue weighted by molar-refractivity contribution is -0.122. The average Bonchev–Trinajstić information content (AvgIpc) is 3.19. The summed E-state index contributed by atoms with van der Waals surface area (Å²) in [6.45, 7) is 4.02. The minimum absolute atomic E-state index is 0.00370. The third-order valence-electron chi connectivity index (χ3n) is 4.66. The molecule has 0 fully saturated rings. The number of carbonyl (C=O) groups is 1. The number of rotatable bonds is 5. The summed E-state index contributed by atoms with van der Waals surface area (Å²) in [7, 11) is 0. The van der Waals surface area contributed by atoms with Gasteiger partial charge in [0.2, 0.25) is 11.9 Å². The summed E-state index contributed by atoms with van der Waals surface area (Å²) in [4.78, 5) is 38.0. The average molecular weight is 379 g/mol. The normalized spacial score (nSPS) is 12.5. The molecule has 9 heteroatoms. The molecule has 1 unspecified atom stereocenters. The number of hydrogen-bond donors (Lipinski definition) is 4. The summed E-state index contributed by atoms with van der Waals surface area (Å²) < 4.78 is 1.51. The first-order chi connectivity index (χ1) is 13.4. The Hall–Kier alpha value is -3.62. The second-order valence-corrected chi connectivity index (χ2v) is 7.03. The lowest BCUT2D eigenvalue weighted by atomic mass is 10.0. The Labute approximate surface area is 160 Å². The summed E-state index contributed by atoms with van der Waals surface area (Å²) in [5.74, 6) is -0.203. The molecule has 0 aliphatic carbocycles. The minimum atomic E-state index is -0.426. The highest BCUT2D eigenvalue weighted by atomic mass is 16.2. The Kier molecular flexibility index (Phi) is 4.34. The number of imidazole rings is 1. The molecule has 3 aromatic heterocycles. The molecule has 0 bridgehead atoms. The lowest BCUT2D eigenvalue weighted by Gasteiger charge is -2.14. The van der Waals surface area contributed by atoms with Gasteiger partial charge in [-0.2, -0.15) is 4.98 Å². The number of amides is 1. The molecule has 0 radical (unpaired) electrons. The Balaban J connectivity index is 1.46. The van der Waals surface area contributed by atoms with Gasteiger partial charge in [-0.15, -0.1) is 0 Å². The van der Waals surface area contributed by atoms with Gasteiger partial charge in [0, 0.05) is 23.1 Å². The number of carbonyl (C=O) groups excluding carboxylic acids is 1. The van der Waals surface area contributed by atoms with Crippen molar-refractivity contribution in [2.75, 3.05) is 5.73 Å². The number of hydrogen-bond acceptors (Lipinski definition) is 5. The van der Waals surface area contributed by atoms with Crippen molar-refractivity contribution in [3.05, 3.63) is 52.2 Å². The van der Waals surface area contributed by atoms with Gasteiger partial charge >= 0.3 is 0 Å². The summed E-state index contributed by atoms with van der Waals surface area (Å²) >= 11 is 0. The van der Waals surface area contributed by atoms with Gasteiger partial charge in [-0.1, -0.05) is 11.6 Å². The Morgan fingerprint density at radius 2 is 2.21 bits per heavy atom. The summed E-state index contributed by atoms with van der Waals surface area (Å²) in [5, 5.41) is 4.15. The molecule has 3 heterocycles. The van der Waals surface area contributed by atoms with E-state index in [-0.39, 0.29) is 35.6 Å². The fourth-order valence-corrected chi connectivity index (χ4v) is 3.40. The zero-order chi connectivity index (χ0) is 19.8. The van der Waals surface area contributed by atoms with Gasteiger partial charge in [-0.25, -0.2) is 4.98 Å².